The maximum Gasteiger partial charge on any atom is 0.470 e. The van der Waals surface area contributed by atoms with E-state index in [9.17, 15) is 9.36 Å². The molecule has 1 rings (SSSR count). The SMILES string of the molecule is C=CC(OP(=O)(O)O)C1CCCCC1.O=C[C@@H](O)[C@@H](O)[C@H](O)[C@H](O)CO. The van der Waals surface area contributed by atoms with Gasteiger partial charge in [0.25, 0.3) is 0 Å². The molecule has 0 bridgehead atoms. The van der Waals surface area contributed by atoms with Crippen molar-refractivity contribution in [2.75, 3.05) is 6.61 Å². The molecule has 1 unspecified atom stereocenters. The first-order chi connectivity index (χ1) is 12.1. The topological polar surface area (TPSA) is 185 Å². The molecule has 11 heteroatoms. The van der Waals surface area contributed by atoms with Crippen molar-refractivity contribution in [3.8, 4) is 0 Å². The smallest absolute Gasteiger partial charge is 0.394 e. The molecule has 1 aliphatic rings. The predicted molar refractivity (Wildman–Crippen MR) is 90.9 cm³/mol. The summed E-state index contributed by atoms with van der Waals surface area (Å²) in [7, 11) is -4.38. The van der Waals surface area contributed by atoms with E-state index in [1.54, 1.807) is 0 Å². The monoisotopic (exact) mass is 400 g/mol. The van der Waals surface area contributed by atoms with Crippen molar-refractivity contribution < 1.29 is 49.2 Å². The molecule has 0 heterocycles. The molecule has 26 heavy (non-hydrogen) atoms. The first-order valence-electron chi connectivity index (χ1n) is 8.22. The number of carbonyl (C=O) groups excluding carboxylic acids is 1. The Bertz CT molecular complexity index is 448. The second-order valence-corrected chi connectivity index (χ2v) is 7.24. The van der Waals surface area contributed by atoms with Gasteiger partial charge in [0.2, 0.25) is 0 Å². The highest BCUT2D eigenvalue weighted by atomic mass is 31.2. The highest BCUT2D eigenvalue weighted by Crippen LogP contribution is 2.41. The van der Waals surface area contributed by atoms with E-state index in [0.717, 1.165) is 25.7 Å². The minimum Gasteiger partial charge on any atom is -0.394 e. The molecule has 10 nitrogen and oxygen atoms in total. The van der Waals surface area contributed by atoms with Crippen LogP contribution in [0.25, 0.3) is 0 Å². The van der Waals surface area contributed by atoms with Crippen LogP contribution in [0.4, 0.5) is 0 Å². The van der Waals surface area contributed by atoms with E-state index in [1.807, 2.05) is 0 Å². The maximum absolute atomic E-state index is 10.7. The van der Waals surface area contributed by atoms with Crippen LogP contribution in [0.15, 0.2) is 12.7 Å². The van der Waals surface area contributed by atoms with Crippen LogP contribution in [0.5, 0.6) is 0 Å². The Labute approximate surface area is 152 Å². The molecule has 0 amide bonds. The van der Waals surface area contributed by atoms with E-state index in [1.165, 1.54) is 12.5 Å². The summed E-state index contributed by atoms with van der Waals surface area (Å²) in [5.41, 5.74) is 0. The van der Waals surface area contributed by atoms with Gasteiger partial charge in [-0.15, -0.1) is 6.58 Å². The number of aldehydes is 1. The van der Waals surface area contributed by atoms with Crippen molar-refractivity contribution in [3.63, 3.8) is 0 Å². The zero-order valence-electron chi connectivity index (χ0n) is 14.4. The number of rotatable bonds is 9. The molecule has 0 radical (unpaired) electrons. The van der Waals surface area contributed by atoms with Crippen molar-refractivity contribution in [2.24, 2.45) is 5.92 Å². The van der Waals surface area contributed by atoms with Crippen molar-refractivity contribution in [3.05, 3.63) is 12.7 Å². The van der Waals surface area contributed by atoms with Gasteiger partial charge < -0.3 is 40.1 Å². The van der Waals surface area contributed by atoms with E-state index in [2.05, 4.69) is 11.1 Å². The quantitative estimate of drug-likeness (QED) is 0.142. The second-order valence-electron chi connectivity index (χ2n) is 6.05. The van der Waals surface area contributed by atoms with Crippen molar-refractivity contribution in [1.29, 1.82) is 0 Å². The Morgan fingerprint density at radius 1 is 1.08 bits per heavy atom. The van der Waals surface area contributed by atoms with Crippen LogP contribution in [0.1, 0.15) is 32.1 Å². The Morgan fingerprint density at radius 2 is 1.62 bits per heavy atom. The van der Waals surface area contributed by atoms with Gasteiger partial charge in [0, 0.05) is 0 Å². The van der Waals surface area contributed by atoms with E-state index >= 15 is 0 Å². The summed E-state index contributed by atoms with van der Waals surface area (Å²) in [4.78, 5) is 27.3. The molecular formula is C15H29O10P. The lowest BCUT2D eigenvalue weighted by Gasteiger charge is -2.27. The summed E-state index contributed by atoms with van der Waals surface area (Å²) in [6.07, 6.45) is -0.484. The van der Waals surface area contributed by atoms with Crippen LogP contribution in [-0.4, -0.2) is 78.7 Å². The fraction of sp³-hybridized carbons (Fsp3) is 0.800. The third kappa shape index (κ3) is 9.86. The highest BCUT2D eigenvalue weighted by Gasteiger charge is 2.29. The molecule has 0 aromatic carbocycles. The molecule has 0 aromatic heterocycles. The first kappa shape index (κ1) is 25.3. The van der Waals surface area contributed by atoms with E-state index in [4.69, 9.17) is 35.3 Å². The lowest BCUT2D eigenvalue weighted by molar-refractivity contribution is -0.136. The van der Waals surface area contributed by atoms with Crippen LogP contribution in [-0.2, 0) is 13.9 Å². The van der Waals surface area contributed by atoms with Gasteiger partial charge in [0.15, 0.2) is 6.29 Å². The number of phosphoric acid groups is 1. The molecule has 1 fully saturated rings. The van der Waals surface area contributed by atoms with E-state index in [-0.39, 0.29) is 12.2 Å². The third-order valence-electron chi connectivity index (χ3n) is 4.03. The Balaban J connectivity index is 0.000000488. The number of aliphatic hydroxyl groups is 5. The molecule has 0 aliphatic heterocycles. The summed E-state index contributed by atoms with van der Waals surface area (Å²) in [6, 6.07) is 0. The normalized spacial score (nSPS) is 21.5. The average Bonchev–Trinajstić information content (AvgIpc) is 2.63. The summed E-state index contributed by atoms with van der Waals surface area (Å²) in [5.74, 6) is 0.217. The first-order valence-corrected chi connectivity index (χ1v) is 9.75. The zero-order chi connectivity index (χ0) is 20.3. The van der Waals surface area contributed by atoms with Gasteiger partial charge in [-0.1, -0.05) is 25.3 Å². The molecule has 1 aliphatic carbocycles. The standard InChI is InChI=1S/C9H17O4P.C6H12O6/c1-2-9(13-14(10,11)12)8-6-4-3-5-7-8;7-1-3(9)5(11)6(12)4(10)2-8/h2,8-9H,1,3-7H2,(H2,10,11,12);1,3-6,8-12H,2H2/t;3-,4-,5-,6-/m.1/s1. The van der Waals surface area contributed by atoms with Crippen LogP contribution < -0.4 is 0 Å². The average molecular weight is 400 g/mol. The summed E-state index contributed by atoms with van der Waals surface area (Å²) >= 11 is 0. The van der Waals surface area contributed by atoms with Crippen molar-refractivity contribution in [2.45, 2.75) is 62.6 Å². The zero-order valence-corrected chi connectivity index (χ0v) is 15.3. The van der Waals surface area contributed by atoms with E-state index in [0.29, 0.717) is 0 Å². The third-order valence-corrected chi connectivity index (χ3v) is 4.54. The molecule has 7 N–H and O–H groups in total. The van der Waals surface area contributed by atoms with Crippen LogP contribution in [0.2, 0.25) is 0 Å². The lowest BCUT2D eigenvalue weighted by Crippen LogP contribution is -2.46. The Kier molecular flexibility index (Phi) is 12.3. The molecule has 5 atom stereocenters. The number of carbonyl (C=O) groups is 1. The minimum atomic E-state index is -4.38. The fourth-order valence-electron chi connectivity index (χ4n) is 2.56. The second kappa shape index (κ2) is 12.7. The largest absolute Gasteiger partial charge is 0.470 e. The number of phosphoric ester groups is 1. The highest BCUT2D eigenvalue weighted by molar-refractivity contribution is 7.46. The van der Waals surface area contributed by atoms with Crippen molar-refractivity contribution >= 4 is 14.1 Å². The summed E-state index contributed by atoms with van der Waals surface area (Å²) < 4.78 is 15.3. The van der Waals surface area contributed by atoms with Crippen molar-refractivity contribution in [1.82, 2.24) is 0 Å². The van der Waals surface area contributed by atoms with Gasteiger partial charge >= 0.3 is 7.82 Å². The van der Waals surface area contributed by atoms with Gasteiger partial charge in [-0.3, -0.25) is 4.52 Å². The van der Waals surface area contributed by atoms with Gasteiger partial charge in [-0.2, -0.15) is 0 Å². The minimum absolute atomic E-state index is 0.0258. The summed E-state index contributed by atoms with van der Waals surface area (Å²) in [6.45, 7) is 2.79. The summed E-state index contributed by atoms with van der Waals surface area (Å²) in [5, 5.41) is 43.5. The molecule has 0 saturated heterocycles. The molecule has 0 spiro atoms. The molecular weight excluding hydrogens is 371 g/mol. The van der Waals surface area contributed by atoms with Gasteiger partial charge in [0.1, 0.15) is 24.4 Å². The van der Waals surface area contributed by atoms with Crippen LogP contribution in [0, 0.1) is 5.92 Å². The number of hydrogen-bond acceptors (Lipinski definition) is 8. The lowest BCUT2D eigenvalue weighted by atomic mass is 9.85. The Hall–Kier alpha value is -0.680. The van der Waals surface area contributed by atoms with Gasteiger partial charge in [0.05, 0.1) is 12.7 Å². The van der Waals surface area contributed by atoms with Gasteiger partial charge in [-0.05, 0) is 18.8 Å². The number of hydrogen-bond donors (Lipinski definition) is 7. The molecule has 154 valence electrons. The molecule has 0 aromatic rings. The van der Waals surface area contributed by atoms with Gasteiger partial charge in [-0.25, -0.2) is 4.57 Å². The van der Waals surface area contributed by atoms with Crippen LogP contribution >= 0.6 is 7.82 Å². The Morgan fingerprint density at radius 3 is 2.00 bits per heavy atom. The number of aliphatic hydroxyl groups excluding tert-OH is 5. The predicted octanol–water partition coefficient (Wildman–Crippen LogP) is -1.15. The van der Waals surface area contributed by atoms with E-state index < -0.39 is 44.9 Å². The maximum atomic E-state index is 10.7. The molecule has 1 saturated carbocycles. The fourth-order valence-corrected chi connectivity index (χ4v) is 3.14. The van der Waals surface area contributed by atoms with Crippen LogP contribution in [0.3, 0.4) is 0 Å².